The molecule has 0 aliphatic carbocycles. The Morgan fingerprint density at radius 1 is 0.974 bits per heavy atom. The van der Waals surface area contributed by atoms with Gasteiger partial charge in [-0.05, 0) is 76.1 Å². The van der Waals surface area contributed by atoms with Crippen molar-refractivity contribution in [1.82, 2.24) is 0 Å². The van der Waals surface area contributed by atoms with Gasteiger partial charge in [-0.2, -0.15) is 0 Å². The summed E-state index contributed by atoms with van der Waals surface area (Å²) in [5.74, 6) is -1.95. The van der Waals surface area contributed by atoms with E-state index >= 15 is 0 Å². The fourth-order valence-electron chi connectivity index (χ4n) is 3.89. The molecule has 4 aromatic rings. The Morgan fingerprint density at radius 3 is 2.39 bits per heavy atom. The van der Waals surface area contributed by atoms with E-state index in [0.717, 1.165) is 22.5 Å². The Balaban J connectivity index is 1.72. The minimum atomic E-state index is -0.857. The highest BCUT2D eigenvalue weighted by Gasteiger charge is 2.28. The van der Waals surface area contributed by atoms with Crippen LogP contribution in [0.1, 0.15) is 60.9 Å². The van der Waals surface area contributed by atoms with E-state index in [1.807, 2.05) is 26.0 Å². The highest BCUT2D eigenvalue weighted by Crippen LogP contribution is 2.35. The van der Waals surface area contributed by atoms with Crippen LogP contribution in [0.5, 0.6) is 0 Å². The van der Waals surface area contributed by atoms with Crippen molar-refractivity contribution in [1.29, 1.82) is 0 Å². The van der Waals surface area contributed by atoms with Gasteiger partial charge < -0.3 is 19.8 Å². The van der Waals surface area contributed by atoms with Crippen LogP contribution in [0.2, 0.25) is 5.02 Å². The molecule has 2 amide bonds. The number of halogens is 1. The Bertz CT molecular complexity index is 1650. The van der Waals surface area contributed by atoms with Crippen LogP contribution < -0.4 is 16.3 Å². The third-order valence-electron chi connectivity index (χ3n) is 5.70. The van der Waals surface area contributed by atoms with Crippen LogP contribution in [-0.2, 0) is 4.74 Å². The molecular formula is C28H25ClN2O6S. The Morgan fingerprint density at radius 2 is 1.71 bits per heavy atom. The first kappa shape index (κ1) is 27.1. The molecule has 0 aliphatic rings. The first-order valence-electron chi connectivity index (χ1n) is 11.7. The summed E-state index contributed by atoms with van der Waals surface area (Å²) >= 11 is 6.95. The lowest BCUT2D eigenvalue weighted by atomic mass is 10.1. The number of rotatable bonds is 6. The predicted molar refractivity (Wildman–Crippen MR) is 149 cm³/mol. The second-order valence-corrected chi connectivity index (χ2v) is 10.5. The van der Waals surface area contributed by atoms with Gasteiger partial charge in [-0.15, -0.1) is 11.3 Å². The zero-order chi connectivity index (χ0) is 27.7. The van der Waals surface area contributed by atoms with Crippen LogP contribution in [0, 0.1) is 20.8 Å². The monoisotopic (exact) mass is 552 g/mol. The number of aryl methyl sites for hydroxylation is 2. The fourth-order valence-corrected chi connectivity index (χ4v) is 5.16. The SMILES string of the molecule is Cc1ccc(NC(=O)c2sc(NC(=O)c3cc4cc(Cl)ccc4oc3=O)c(C(=O)OC(C)C)c2C)c(C)c1. The number of hydrogen-bond donors (Lipinski definition) is 2. The number of carbonyl (C=O) groups is 3. The van der Waals surface area contributed by atoms with Crippen molar-refractivity contribution in [3.63, 3.8) is 0 Å². The lowest BCUT2D eigenvalue weighted by molar-refractivity contribution is 0.0379. The molecule has 2 aromatic carbocycles. The Kier molecular flexibility index (Phi) is 7.71. The standard InChI is InChI=1S/C28H25ClN2O6S/c1-13(2)36-28(35)22-16(5)23(25(33)30-20-8-6-14(3)10-15(20)4)38-26(22)31-24(32)19-12-17-11-18(29)7-9-21(17)37-27(19)34/h6-13H,1-5H3,(H,30,33)(H,31,32). The molecule has 196 valence electrons. The van der Waals surface area contributed by atoms with Gasteiger partial charge in [0.2, 0.25) is 0 Å². The molecule has 0 spiro atoms. The van der Waals surface area contributed by atoms with E-state index < -0.39 is 29.5 Å². The number of carbonyl (C=O) groups excluding carboxylic acids is 3. The minimum absolute atomic E-state index is 0.0380. The van der Waals surface area contributed by atoms with Crippen LogP contribution in [0.3, 0.4) is 0 Å². The molecule has 0 radical (unpaired) electrons. The molecule has 0 fully saturated rings. The summed E-state index contributed by atoms with van der Waals surface area (Å²) in [5.41, 5.74) is 2.07. The molecule has 0 atom stereocenters. The first-order valence-corrected chi connectivity index (χ1v) is 12.9. The second kappa shape index (κ2) is 10.8. The molecule has 0 bridgehead atoms. The smallest absolute Gasteiger partial charge is 0.349 e. The van der Waals surface area contributed by atoms with Crippen LogP contribution >= 0.6 is 22.9 Å². The largest absolute Gasteiger partial charge is 0.459 e. The normalized spacial score (nSPS) is 11.0. The topological polar surface area (TPSA) is 115 Å². The van der Waals surface area contributed by atoms with Gasteiger partial charge >= 0.3 is 11.6 Å². The molecule has 2 aromatic heterocycles. The summed E-state index contributed by atoms with van der Waals surface area (Å²) in [6.07, 6.45) is -0.435. The van der Waals surface area contributed by atoms with E-state index in [0.29, 0.717) is 21.7 Å². The van der Waals surface area contributed by atoms with Crippen molar-refractivity contribution in [2.24, 2.45) is 0 Å². The van der Waals surface area contributed by atoms with E-state index in [1.54, 1.807) is 39.0 Å². The van der Waals surface area contributed by atoms with Crippen LogP contribution in [0.15, 0.2) is 51.7 Å². The number of esters is 1. The fraction of sp³-hybridized carbons (Fsp3) is 0.214. The molecule has 0 aliphatic heterocycles. The van der Waals surface area contributed by atoms with Crippen LogP contribution in [0.4, 0.5) is 10.7 Å². The average molecular weight is 553 g/mol. The summed E-state index contributed by atoms with van der Waals surface area (Å²) in [4.78, 5) is 52.1. The van der Waals surface area contributed by atoms with Crippen molar-refractivity contribution in [2.75, 3.05) is 10.6 Å². The van der Waals surface area contributed by atoms with E-state index in [1.165, 1.54) is 12.1 Å². The maximum atomic E-state index is 13.2. The van der Waals surface area contributed by atoms with Crippen LogP contribution in [-0.4, -0.2) is 23.9 Å². The molecule has 2 heterocycles. The van der Waals surface area contributed by atoms with Crippen LogP contribution in [0.25, 0.3) is 11.0 Å². The van der Waals surface area contributed by atoms with Gasteiger partial charge in [-0.1, -0.05) is 29.3 Å². The number of hydrogen-bond acceptors (Lipinski definition) is 7. The van der Waals surface area contributed by atoms with Crippen molar-refractivity contribution >= 4 is 62.4 Å². The lowest BCUT2D eigenvalue weighted by Gasteiger charge is -2.10. The maximum absolute atomic E-state index is 13.2. The first-order chi connectivity index (χ1) is 17.9. The van der Waals surface area contributed by atoms with Gasteiger partial charge in [0.25, 0.3) is 11.8 Å². The molecular weight excluding hydrogens is 528 g/mol. The second-order valence-electron chi connectivity index (χ2n) is 9.07. The molecule has 4 rings (SSSR count). The lowest BCUT2D eigenvalue weighted by Crippen LogP contribution is -2.22. The van der Waals surface area contributed by atoms with E-state index in [4.69, 9.17) is 20.8 Å². The quantitative estimate of drug-likeness (QED) is 0.208. The van der Waals surface area contributed by atoms with Crippen molar-refractivity contribution in [3.8, 4) is 0 Å². The molecule has 0 saturated heterocycles. The van der Waals surface area contributed by atoms with Crippen molar-refractivity contribution in [3.05, 3.63) is 90.6 Å². The highest BCUT2D eigenvalue weighted by atomic mass is 35.5. The maximum Gasteiger partial charge on any atom is 0.349 e. The molecule has 38 heavy (non-hydrogen) atoms. The summed E-state index contributed by atoms with van der Waals surface area (Å²) in [7, 11) is 0. The zero-order valence-electron chi connectivity index (χ0n) is 21.4. The number of fused-ring (bicyclic) bond motifs is 1. The number of thiophene rings is 1. The molecule has 0 unspecified atom stereocenters. The van der Waals surface area contributed by atoms with Gasteiger partial charge in [-0.25, -0.2) is 9.59 Å². The van der Waals surface area contributed by atoms with Gasteiger partial charge in [0, 0.05) is 16.1 Å². The molecule has 8 nitrogen and oxygen atoms in total. The van der Waals surface area contributed by atoms with Crippen molar-refractivity contribution in [2.45, 2.75) is 40.7 Å². The third-order valence-corrected chi connectivity index (χ3v) is 7.14. The third kappa shape index (κ3) is 5.64. The Labute approximate surface area is 227 Å². The summed E-state index contributed by atoms with van der Waals surface area (Å²) < 4.78 is 10.6. The Hall–Kier alpha value is -3.95. The number of benzene rings is 2. The summed E-state index contributed by atoms with van der Waals surface area (Å²) in [6.45, 7) is 8.82. The summed E-state index contributed by atoms with van der Waals surface area (Å²) in [6, 6.07) is 11.6. The summed E-state index contributed by atoms with van der Waals surface area (Å²) in [5, 5.41) is 6.41. The number of nitrogens with one attached hydrogen (secondary N) is 2. The van der Waals surface area contributed by atoms with E-state index in [9.17, 15) is 19.2 Å². The minimum Gasteiger partial charge on any atom is -0.459 e. The van der Waals surface area contributed by atoms with Crippen molar-refractivity contribution < 1.29 is 23.5 Å². The highest BCUT2D eigenvalue weighted by molar-refractivity contribution is 7.19. The average Bonchev–Trinajstić information content (AvgIpc) is 3.15. The van der Waals surface area contributed by atoms with E-state index in [-0.39, 0.29) is 26.6 Å². The molecule has 0 saturated carbocycles. The zero-order valence-corrected chi connectivity index (χ0v) is 22.9. The van der Waals surface area contributed by atoms with Gasteiger partial charge in [0.15, 0.2) is 0 Å². The predicted octanol–water partition coefficient (Wildman–Crippen LogP) is 6.50. The van der Waals surface area contributed by atoms with Gasteiger partial charge in [0.1, 0.15) is 16.1 Å². The molecule has 2 N–H and O–H groups in total. The van der Waals surface area contributed by atoms with Gasteiger partial charge in [-0.3, -0.25) is 9.59 Å². The number of anilines is 2. The number of amides is 2. The number of ether oxygens (including phenoxy) is 1. The van der Waals surface area contributed by atoms with Gasteiger partial charge in [0.05, 0.1) is 16.5 Å². The molecule has 10 heteroatoms. The van der Waals surface area contributed by atoms with E-state index in [2.05, 4.69) is 10.6 Å².